The van der Waals surface area contributed by atoms with Gasteiger partial charge in [0.1, 0.15) is 12.6 Å². The van der Waals surface area contributed by atoms with E-state index in [-0.39, 0.29) is 11.5 Å². The van der Waals surface area contributed by atoms with Gasteiger partial charge in [0.05, 0.1) is 6.10 Å². The van der Waals surface area contributed by atoms with Gasteiger partial charge in [-0.1, -0.05) is 18.1 Å². The van der Waals surface area contributed by atoms with Crippen molar-refractivity contribution in [2.75, 3.05) is 13.9 Å². The summed E-state index contributed by atoms with van der Waals surface area (Å²) in [6.45, 7) is 4.67. The molecule has 2 aliphatic carbocycles. The van der Waals surface area contributed by atoms with Gasteiger partial charge in [0.25, 0.3) is 0 Å². The second-order valence-electron chi connectivity index (χ2n) is 5.49. The van der Waals surface area contributed by atoms with E-state index in [0.717, 1.165) is 19.3 Å². The molecule has 17 heavy (non-hydrogen) atoms. The molecule has 0 N–H and O–H groups in total. The fourth-order valence-corrected chi connectivity index (χ4v) is 3.39. The maximum atomic E-state index is 11.9. The average Bonchev–Trinajstić information content (AvgIpc) is 2.54. The fraction of sp³-hybridized carbons (Fsp3) is 0.786. The molecule has 0 aromatic carbocycles. The largest absolute Gasteiger partial charge is 0.359 e. The molecule has 0 saturated heterocycles. The molecule has 2 atom stereocenters. The van der Waals surface area contributed by atoms with Crippen molar-refractivity contribution < 1.29 is 14.3 Å². The lowest BCUT2D eigenvalue weighted by atomic mass is 9.78. The number of ether oxygens (including phenoxy) is 2. The lowest BCUT2D eigenvalue weighted by Crippen LogP contribution is -2.33. The van der Waals surface area contributed by atoms with Crippen molar-refractivity contribution in [3.8, 4) is 0 Å². The number of hydrogen-bond acceptors (Lipinski definition) is 3. The molecule has 0 spiro atoms. The summed E-state index contributed by atoms with van der Waals surface area (Å²) in [5, 5.41) is 0. The van der Waals surface area contributed by atoms with Crippen LogP contribution >= 0.6 is 0 Å². The van der Waals surface area contributed by atoms with Crippen molar-refractivity contribution in [2.24, 2.45) is 5.41 Å². The van der Waals surface area contributed by atoms with Gasteiger partial charge in [0.15, 0.2) is 0 Å². The average molecular weight is 238 g/mol. The van der Waals surface area contributed by atoms with E-state index in [4.69, 9.17) is 9.47 Å². The minimum atomic E-state index is -0.0871. The van der Waals surface area contributed by atoms with Crippen LogP contribution in [0.15, 0.2) is 11.1 Å². The molecule has 0 bridgehead atoms. The number of methoxy groups -OCH3 is 1. The number of allylic oxidation sites excluding steroid dienone is 1. The van der Waals surface area contributed by atoms with Gasteiger partial charge in [-0.15, -0.1) is 0 Å². The molecule has 96 valence electrons. The Labute approximate surface area is 103 Å². The minimum absolute atomic E-state index is 0.0871. The van der Waals surface area contributed by atoms with Gasteiger partial charge >= 0.3 is 0 Å². The quantitative estimate of drug-likeness (QED) is 0.560. The monoisotopic (exact) mass is 238 g/mol. The van der Waals surface area contributed by atoms with E-state index < -0.39 is 0 Å². The van der Waals surface area contributed by atoms with E-state index in [1.165, 1.54) is 11.1 Å². The molecule has 1 fully saturated rings. The summed E-state index contributed by atoms with van der Waals surface area (Å²) in [4.78, 5) is 11.9. The molecular formula is C14H22O3. The van der Waals surface area contributed by atoms with Gasteiger partial charge < -0.3 is 9.47 Å². The molecule has 2 aliphatic rings. The summed E-state index contributed by atoms with van der Waals surface area (Å²) in [5.41, 5.74) is 2.78. The number of hydrogen-bond donors (Lipinski definition) is 0. The van der Waals surface area contributed by atoms with Gasteiger partial charge in [-0.05, 0) is 26.2 Å². The van der Waals surface area contributed by atoms with Gasteiger partial charge in [0.2, 0.25) is 0 Å². The van der Waals surface area contributed by atoms with E-state index in [9.17, 15) is 4.79 Å². The van der Waals surface area contributed by atoms with Crippen LogP contribution in [0.1, 0.15) is 46.0 Å². The van der Waals surface area contributed by atoms with Crippen LogP contribution in [0.25, 0.3) is 0 Å². The molecule has 0 aromatic rings. The molecule has 3 heteroatoms. The molecule has 0 amide bonds. The van der Waals surface area contributed by atoms with Crippen LogP contribution < -0.4 is 0 Å². The first kappa shape index (κ1) is 12.8. The Hall–Kier alpha value is -0.670. The van der Waals surface area contributed by atoms with Crippen LogP contribution in [0.4, 0.5) is 0 Å². The highest BCUT2D eigenvalue weighted by Crippen LogP contribution is 2.50. The fourth-order valence-electron chi connectivity index (χ4n) is 3.39. The third kappa shape index (κ3) is 2.31. The lowest BCUT2D eigenvalue weighted by Gasteiger charge is -2.32. The lowest BCUT2D eigenvalue weighted by molar-refractivity contribution is -0.127. The number of rotatable bonds is 3. The molecule has 0 aromatic heterocycles. The number of carbonyl (C=O) groups excluding carboxylic acids is 1. The predicted octanol–water partition coefficient (Wildman–Crippen LogP) is 2.85. The van der Waals surface area contributed by atoms with Gasteiger partial charge in [0, 0.05) is 25.4 Å². The topological polar surface area (TPSA) is 35.5 Å². The van der Waals surface area contributed by atoms with Gasteiger partial charge in [-0.2, -0.15) is 0 Å². The molecule has 0 radical (unpaired) electrons. The summed E-state index contributed by atoms with van der Waals surface area (Å²) in [5.74, 6) is 0.370. The van der Waals surface area contributed by atoms with Crippen molar-refractivity contribution >= 4 is 5.78 Å². The minimum Gasteiger partial charge on any atom is -0.359 e. The van der Waals surface area contributed by atoms with Crippen molar-refractivity contribution in [3.05, 3.63) is 11.1 Å². The van der Waals surface area contributed by atoms with E-state index in [0.29, 0.717) is 25.4 Å². The highest BCUT2D eigenvalue weighted by atomic mass is 16.7. The van der Waals surface area contributed by atoms with Crippen LogP contribution in [0.5, 0.6) is 0 Å². The number of carbonyl (C=O) groups is 1. The van der Waals surface area contributed by atoms with E-state index in [1.807, 2.05) is 0 Å². The third-order valence-corrected chi connectivity index (χ3v) is 4.30. The van der Waals surface area contributed by atoms with Crippen LogP contribution in [-0.2, 0) is 14.3 Å². The second-order valence-corrected chi connectivity index (χ2v) is 5.49. The Morgan fingerprint density at radius 1 is 1.35 bits per heavy atom. The summed E-state index contributed by atoms with van der Waals surface area (Å²) >= 11 is 0. The summed E-state index contributed by atoms with van der Waals surface area (Å²) in [6.07, 6.45) is 4.48. The van der Waals surface area contributed by atoms with Crippen molar-refractivity contribution in [3.63, 3.8) is 0 Å². The first-order valence-corrected chi connectivity index (χ1v) is 6.39. The smallest absolute Gasteiger partial charge is 0.146 e. The Morgan fingerprint density at radius 2 is 2.12 bits per heavy atom. The van der Waals surface area contributed by atoms with E-state index in [1.54, 1.807) is 7.11 Å². The van der Waals surface area contributed by atoms with Crippen LogP contribution in [-0.4, -0.2) is 25.8 Å². The molecule has 2 rings (SSSR count). The molecule has 0 heterocycles. The van der Waals surface area contributed by atoms with Crippen LogP contribution in [0.3, 0.4) is 0 Å². The summed E-state index contributed by atoms with van der Waals surface area (Å²) < 4.78 is 10.8. The van der Waals surface area contributed by atoms with E-state index >= 15 is 0 Å². The Kier molecular flexibility index (Phi) is 3.69. The van der Waals surface area contributed by atoms with Gasteiger partial charge in [-0.3, -0.25) is 4.79 Å². The summed E-state index contributed by atoms with van der Waals surface area (Å²) in [6, 6.07) is 0. The van der Waals surface area contributed by atoms with E-state index in [2.05, 4.69) is 13.8 Å². The summed E-state index contributed by atoms with van der Waals surface area (Å²) in [7, 11) is 1.64. The molecule has 1 saturated carbocycles. The molecule has 0 aliphatic heterocycles. The normalized spacial score (nSPS) is 33.8. The zero-order chi connectivity index (χ0) is 12.5. The molecule has 0 unspecified atom stereocenters. The maximum Gasteiger partial charge on any atom is 0.146 e. The Bertz CT molecular complexity index is 345. The number of Topliss-reactive ketones (excluding diaryl/α,β-unsaturated/α-hetero) is 1. The standard InChI is InChI=1S/C14H22O3/c1-10-4-5-11(15)8-14(2)12(10)6-7-13(14)17-9-16-3/h13H,4-9H2,1-3H3/t13-,14+/m1/s1. The highest BCUT2D eigenvalue weighted by Gasteiger charge is 2.46. The number of fused-ring (bicyclic) bond motifs is 1. The zero-order valence-electron chi connectivity index (χ0n) is 11.0. The second kappa shape index (κ2) is 4.91. The van der Waals surface area contributed by atoms with Crippen LogP contribution in [0, 0.1) is 5.41 Å². The van der Waals surface area contributed by atoms with Crippen LogP contribution in [0.2, 0.25) is 0 Å². The van der Waals surface area contributed by atoms with Crippen molar-refractivity contribution in [1.29, 1.82) is 0 Å². The Morgan fingerprint density at radius 3 is 2.82 bits per heavy atom. The SMILES string of the molecule is COCO[C@@H]1CCC2=C(C)CCC(=O)C[C@@]21C. The van der Waals surface area contributed by atoms with Crippen molar-refractivity contribution in [1.82, 2.24) is 0 Å². The van der Waals surface area contributed by atoms with Gasteiger partial charge in [-0.25, -0.2) is 0 Å². The third-order valence-electron chi connectivity index (χ3n) is 4.30. The van der Waals surface area contributed by atoms with Crippen molar-refractivity contribution in [2.45, 2.75) is 52.1 Å². The first-order chi connectivity index (χ1) is 8.08. The molecule has 3 nitrogen and oxygen atoms in total. The highest BCUT2D eigenvalue weighted by molar-refractivity contribution is 5.80. The zero-order valence-corrected chi connectivity index (χ0v) is 11.0. The molecular weight excluding hydrogens is 216 g/mol. The Balaban J connectivity index is 2.25. The maximum absolute atomic E-state index is 11.9. The predicted molar refractivity (Wildman–Crippen MR) is 65.6 cm³/mol. The number of ketones is 1. The first-order valence-electron chi connectivity index (χ1n) is 6.39.